The minimum atomic E-state index is -0.938. The first-order valence-corrected chi connectivity index (χ1v) is 4.97. The van der Waals surface area contributed by atoms with Gasteiger partial charge in [0.2, 0.25) is 0 Å². The van der Waals surface area contributed by atoms with Crippen molar-refractivity contribution in [1.82, 2.24) is 0 Å². The van der Waals surface area contributed by atoms with Crippen LogP contribution in [-0.2, 0) is 9.53 Å². The minimum absolute atomic E-state index is 0.493. The predicted octanol–water partition coefficient (Wildman–Crippen LogP) is 0.516. The van der Waals surface area contributed by atoms with Crippen molar-refractivity contribution in [2.75, 3.05) is 18.3 Å². The van der Waals surface area contributed by atoms with Gasteiger partial charge in [-0.05, 0) is 19.1 Å². The number of aliphatic carboxylic acids is 1. The summed E-state index contributed by atoms with van der Waals surface area (Å²) in [7, 11) is 0. The lowest BCUT2D eigenvalue weighted by Gasteiger charge is -2.05. The molecule has 72 valence electrons. The number of carboxylic acid groups (broad SMARTS) is 1. The average Bonchev–Trinajstić information content (AvgIpc) is 2.03. The first-order valence-electron chi connectivity index (χ1n) is 3.82. The van der Waals surface area contributed by atoms with Gasteiger partial charge in [-0.25, -0.2) is 0 Å². The lowest BCUT2D eigenvalue weighted by molar-refractivity contribution is -0.138. The highest BCUT2D eigenvalue weighted by atomic mass is 32.2. The third-order valence-electron chi connectivity index (χ3n) is 1.26. The number of hydrogen-bond acceptors (Lipinski definition) is 4. The molecule has 0 radical (unpaired) electrons. The van der Waals surface area contributed by atoms with Crippen molar-refractivity contribution < 1.29 is 14.6 Å². The van der Waals surface area contributed by atoms with Crippen LogP contribution in [0.3, 0.4) is 0 Å². The molecule has 0 heterocycles. The van der Waals surface area contributed by atoms with Crippen LogP contribution in [0.25, 0.3) is 0 Å². The van der Waals surface area contributed by atoms with E-state index in [4.69, 9.17) is 15.6 Å². The Bertz CT molecular complexity index is 132. The number of carbonyl (C=O) groups is 1. The number of thioether (sulfide) groups is 1. The molecular weight excluding hydrogens is 178 g/mol. The van der Waals surface area contributed by atoms with Crippen LogP contribution in [0.2, 0.25) is 0 Å². The molecule has 0 fully saturated rings. The zero-order valence-electron chi connectivity index (χ0n) is 7.16. The van der Waals surface area contributed by atoms with Crippen LogP contribution >= 0.6 is 11.8 Å². The summed E-state index contributed by atoms with van der Waals surface area (Å²) in [6, 6.07) is -0.737. The van der Waals surface area contributed by atoms with Crippen molar-refractivity contribution in [1.29, 1.82) is 0 Å². The molecule has 0 aromatic rings. The Kier molecular flexibility index (Phi) is 7.23. The second-order valence-corrected chi connectivity index (χ2v) is 3.30. The molecule has 1 unspecified atom stereocenters. The highest BCUT2D eigenvalue weighted by Crippen LogP contribution is 2.04. The van der Waals surface area contributed by atoms with Gasteiger partial charge in [0.15, 0.2) is 0 Å². The number of ether oxygens (including phenoxy) is 1. The summed E-state index contributed by atoms with van der Waals surface area (Å²) in [6.07, 6.45) is 0.493. The molecule has 0 aromatic carbocycles. The molecule has 0 aliphatic heterocycles. The molecule has 0 saturated carbocycles. The quantitative estimate of drug-likeness (QED) is 0.455. The molecule has 1 atom stereocenters. The van der Waals surface area contributed by atoms with Crippen LogP contribution in [0.4, 0.5) is 0 Å². The predicted molar refractivity (Wildman–Crippen MR) is 49.2 cm³/mol. The van der Waals surface area contributed by atoms with E-state index in [2.05, 4.69) is 0 Å². The zero-order chi connectivity index (χ0) is 9.40. The Morgan fingerprint density at radius 1 is 1.75 bits per heavy atom. The zero-order valence-corrected chi connectivity index (χ0v) is 7.97. The highest BCUT2D eigenvalue weighted by Gasteiger charge is 2.09. The van der Waals surface area contributed by atoms with Gasteiger partial charge >= 0.3 is 5.97 Å². The minimum Gasteiger partial charge on any atom is -0.480 e. The van der Waals surface area contributed by atoms with Crippen LogP contribution < -0.4 is 5.73 Å². The normalized spacial score (nSPS) is 12.8. The maximum atomic E-state index is 10.3. The molecule has 12 heavy (non-hydrogen) atoms. The fourth-order valence-electron chi connectivity index (χ4n) is 0.535. The van der Waals surface area contributed by atoms with Crippen molar-refractivity contribution in [3.63, 3.8) is 0 Å². The summed E-state index contributed by atoms with van der Waals surface area (Å²) in [5.41, 5.74) is 5.28. The summed E-state index contributed by atoms with van der Waals surface area (Å²) >= 11 is 1.56. The molecule has 0 aromatic heterocycles. The summed E-state index contributed by atoms with van der Waals surface area (Å²) in [5.74, 6) is 0.406. The first kappa shape index (κ1) is 11.7. The second-order valence-electron chi connectivity index (χ2n) is 2.25. The van der Waals surface area contributed by atoms with Gasteiger partial charge in [-0.3, -0.25) is 4.79 Å². The van der Waals surface area contributed by atoms with Crippen LogP contribution in [0, 0.1) is 0 Å². The summed E-state index contributed by atoms with van der Waals surface area (Å²) in [4.78, 5) is 10.3. The van der Waals surface area contributed by atoms with E-state index < -0.39 is 12.0 Å². The molecule has 0 aliphatic rings. The summed E-state index contributed by atoms with van der Waals surface area (Å²) in [5, 5.41) is 8.42. The van der Waals surface area contributed by atoms with E-state index in [-0.39, 0.29) is 0 Å². The van der Waals surface area contributed by atoms with E-state index >= 15 is 0 Å². The molecule has 0 aliphatic carbocycles. The van der Waals surface area contributed by atoms with Gasteiger partial charge in [0.05, 0.1) is 5.94 Å². The highest BCUT2D eigenvalue weighted by molar-refractivity contribution is 7.99. The van der Waals surface area contributed by atoms with Gasteiger partial charge in [0.25, 0.3) is 0 Å². The van der Waals surface area contributed by atoms with E-state index in [0.717, 1.165) is 5.75 Å². The maximum absolute atomic E-state index is 10.3. The Morgan fingerprint density at radius 2 is 2.42 bits per heavy atom. The molecule has 5 heteroatoms. The molecule has 0 amide bonds. The van der Waals surface area contributed by atoms with E-state index in [0.29, 0.717) is 19.0 Å². The second kappa shape index (κ2) is 7.39. The Balaban J connectivity index is 3.14. The van der Waals surface area contributed by atoms with Gasteiger partial charge in [-0.2, -0.15) is 0 Å². The van der Waals surface area contributed by atoms with Crippen LogP contribution in [0.5, 0.6) is 0 Å². The molecule has 0 rings (SSSR count). The smallest absolute Gasteiger partial charge is 0.320 e. The van der Waals surface area contributed by atoms with Crippen LogP contribution in [0.1, 0.15) is 13.3 Å². The fraction of sp³-hybridized carbons (Fsp3) is 0.857. The van der Waals surface area contributed by atoms with E-state index in [1.165, 1.54) is 0 Å². The van der Waals surface area contributed by atoms with Crippen LogP contribution in [-0.4, -0.2) is 35.4 Å². The van der Waals surface area contributed by atoms with E-state index in [1.807, 2.05) is 6.92 Å². The third kappa shape index (κ3) is 6.45. The molecule has 0 saturated heterocycles. The number of hydrogen-bond donors (Lipinski definition) is 2. The van der Waals surface area contributed by atoms with Crippen molar-refractivity contribution in [2.24, 2.45) is 5.73 Å². The Hall–Kier alpha value is -0.260. The van der Waals surface area contributed by atoms with E-state index in [9.17, 15) is 4.79 Å². The third-order valence-corrected chi connectivity index (χ3v) is 2.12. The van der Waals surface area contributed by atoms with Crippen molar-refractivity contribution in [2.45, 2.75) is 19.4 Å². The van der Waals surface area contributed by atoms with Crippen molar-refractivity contribution in [3.05, 3.63) is 0 Å². The largest absolute Gasteiger partial charge is 0.480 e. The van der Waals surface area contributed by atoms with Gasteiger partial charge in [0, 0.05) is 6.61 Å². The van der Waals surface area contributed by atoms with Gasteiger partial charge in [-0.15, -0.1) is 11.8 Å². The fourth-order valence-corrected chi connectivity index (χ4v) is 1.36. The van der Waals surface area contributed by atoms with Gasteiger partial charge < -0.3 is 15.6 Å². The monoisotopic (exact) mass is 193 g/mol. The van der Waals surface area contributed by atoms with Crippen LogP contribution in [0.15, 0.2) is 0 Å². The molecule has 0 bridgehead atoms. The number of nitrogens with two attached hydrogens (primary N) is 1. The average molecular weight is 193 g/mol. The van der Waals surface area contributed by atoms with E-state index in [1.54, 1.807) is 11.8 Å². The molecule has 0 spiro atoms. The molecule has 3 N–H and O–H groups in total. The van der Waals surface area contributed by atoms with Crippen molar-refractivity contribution >= 4 is 17.7 Å². The first-order chi connectivity index (χ1) is 5.68. The SMILES string of the molecule is CCOCSCCC(N)C(=O)O. The standard InChI is InChI=1S/C7H15NO3S/c1-2-11-5-12-4-3-6(8)7(9)10/h6H,2-5,8H2,1H3,(H,9,10). The Morgan fingerprint density at radius 3 is 2.92 bits per heavy atom. The number of rotatable bonds is 7. The summed E-state index contributed by atoms with van der Waals surface area (Å²) in [6.45, 7) is 2.61. The van der Waals surface area contributed by atoms with Gasteiger partial charge in [-0.1, -0.05) is 0 Å². The lowest BCUT2D eigenvalue weighted by Crippen LogP contribution is -2.30. The Labute approximate surface area is 76.5 Å². The number of carboxylic acids is 1. The van der Waals surface area contributed by atoms with Crippen molar-refractivity contribution in [3.8, 4) is 0 Å². The van der Waals surface area contributed by atoms with Gasteiger partial charge in [0.1, 0.15) is 6.04 Å². The summed E-state index contributed by atoms with van der Waals surface area (Å²) < 4.78 is 5.05. The topological polar surface area (TPSA) is 72.5 Å². The lowest BCUT2D eigenvalue weighted by atomic mass is 10.2. The maximum Gasteiger partial charge on any atom is 0.320 e. The molecular formula is C7H15NO3S. The molecule has 4 nitrogen and oxygen atoms in total.